The number of halogens is 1. The average molecular weight is 441 g/mol. The van der Waals surface area contributed by atoms with E-state index in [4.69, 9.17) is 21.1 Å². The van der Waals surface area contributed by atoms with Crippen LogP contribution in [0.25, 0.3) is 0 Å². The number of rotatable bonds is 3. The van der Waals surface area contributed by atoms with Gasteiger partial charge in [-0.05, 0) is 62.1 Å². The molecular weight excluding hydrogens is 416 g/mol. The Morgan fingerprint density at radius 3 is 2.52 bits per heavy atom. The molecule has 2 aromatic rings. The fraction of sp³-hybridized carbons (Fsp3) is 0.417. The number of anilines is 1. The monoisotopic (exact) mass is 440 g/mol. The van der Waals surface area contributed by atoms with Gasteiger partial charge in [-0.15, -0.1) is 0 Å². The highest BCUT2D eigenvalue weighted by atomic mass is 35.5. The number of piperidine rings is 1. The minimum atomic E-state index is -0.517. The number of nitrogens with zero attached hydrogens (tertiary/aromatic N) is 1. The van der Waals surface area contributed by atoms with Crippen LogP contribution in [0.5, 0.6) is 11.5 Å². The fourth-order valence-electron chi connectivity index (χ4n) is 4.68. The Kier molecular flexibility index (Phi) is 5.26. The van der Waals surface area contributed by atoms with Gasteiger partial charge in [-0.25, -0.2) is 0 Å². The number of hydrogen-bond donors (Lipinski definition) is 1. The van der Waals surface area contributed by atoms with E-state index in [1.54, 1.807) is 29.2 Å². The standard InChI is InChI=1S/C24H25ClN2O4/c25-18-7-5-16(6-8-18)23(29)27-13-3-4-17(15-27)22(28)26-19-9-10-20-21(14-19)31-24(30-20)11-1-2-12-24/h5-10,14,17H,1-4,11-13,15H2,(H,26,28). The largest absolute Gasteiger partial charge is 0.448 e. The number of benzene rings is 2. The van der Waals surface area contributed by atoms with Crippen LogP contribution in [0.2, 0.25) is 5.02 Å². The van der Waals surface area contributed by atoms with Crippen molar-refractivity contribution >= 4 is 29.1 Å². The number of carbonyl (C=O) groups excluding carboxylic acids is 2. The van der Waals surface area contributed by atoms with Crippen LogP contribution >= 0.6 is 11.6 Å². The van der Waals surface area contributed by atoms with Crippen LogP contribution in [0, 0.1) is 5.92 Å². The summed E-state index contributed by atoms with van der Waals surface area (Å²) in [7, 11) is 0. The summed E-state index contributed by atoms with van der Waals surface area (Å²) in [6.45, 7) is 1.05. The van der Waals surface area contributed by atoms with E-state index in [0.717, 1.165) is 44.3 Å². The molecule has 0 radical (unpaired) electrons. The van der Waals surface area contributed by atoms with Crippen LogP contribution in [-0.2, 0) is 4.79 Å². The van der Waals surface area contributed by atoms with Gasteiger partial charge >= 0.3 is 0 Å². The molecule has 2 amide bonds. The molecule has 1 saturated carbocycles. The number of hydrogen-bond acceptors (Lipinski definition) is 4. The van der Waals surface area contributed by atoms with Gasteiger partial charge in [0.15, 0.2) is 11.5 Å². The predicted octanol–water partition coefficient (Wildman–Crippen LogP) is 4.87. The number of likely N-dealkylation sites (tertiary alicyclic amines) is 1. The van der Waals surface area contributed by atoms with Gasteiger partial charge < -0.3 is 19.7 Å². The summed E-state index contributed by atoms with van der Waals surface area (Å²) >= 11 is 5.92. The summed E-state index contributed by atoms with van der Waals surface area (Å²) in [6, 6.07) is 12.4. The van der Waals surface area contributed by atoms with Crippen LogP contribution in [-0.4, -0.2) is 35.6 Å². The Morgan fingerprint density at radius 1 is 1.00 bits per heavy atom. The normalized spacial score (nSPS) is 21.3. The van der Waals surface area contributed by atoms with Crippen LogP contribution < -0.4 is 14.8 Å². The van der Waals surface area contributed by atoms with Crippen LogP contribution in [0.1, 0.15) is 48.9 Å². The van der Waals surface area contributed by atoms with Crippen LogP contribution in [0.4, 0.5) is 5.69 Å². The van der Waals surface area contributed by atoms with E-state index in [1.807, 2.05) is 18.2 Å². The highest BCUT2D eigenvalue weighted by molar-refractivity contribution is 6.30. The molecule has 6 nitrogen and oxygen atoms in total. The molecule has 1 aliphatic carbocycles. The topological polar surface area (TPSA) is 67.9 Å². The second kappa shape index (κ2) is 8.08. The lowest BCUT2D eigenvalue weighted by molar-refractivity contribution is -0.121. The van der Waals surface area contributed by atoms with Gasteiger partial charge in [-0.2, -0.15) is 0 Å². The van der Waals surface area contributed by atoms with E-state index in [0.29, 0.717) is 35.1 Å². The summed E-state index contributed by atoms with van der Waals surface area (Å²) in [4.78, 5) is 27.5. The Hall–Kier alpha value is -2.73. The molecule has 1 spiro atoms. The summed E-state index contributed by atoms with van der Waals surface area (Å²) in [6.07, 6.45) is 5.53. The molecule has 2 heterocycles. The lowest BCUT2D eigenvalue weighted by atomic mass is 9.96. The molecule has 7 heteroatoms. The number of amides is 2. The highest BCUT2D eigenvalue weighted by Crippen LogP contribution is 2.47. The molecule has 5 rings (SSSR count). The minimum absolute atomic E-state index is 0.0703. The van der Waals surface area contributed by atoms with Crippen LogP contribution in [0.3, 0.4) is 0 Å². The van der Waals surface area contributed by atoms with Crippen molar-refractivity contribution in [3.8, 4) is 11.5 Å². The lowest BCUT2D eigenvalue weighted by Crippen LogP contribution is -2.43. The SMILES string of the molecule is O=C(Nc1ccc2c(c1)OC1(CCCC1)O2)C1CCCN(C(=O)c2ccc(Cl)cc2)C1. The number of fused-ring (bicyclic) bond motifs is 1. The molecule has 2 aliphatic heterocycles. The molecule has 3 aliphatic rings. The van der Waals surface area contributed by atoms with Crippen molar-refractivity contribution in [3.63, 3.8) is 0 Å². The molecule has 2 fully saturated rings. The Bertz CT molecular complexity index is 1000. The van der Waals surface area contributed by atoms with Crippen LogP contribution in [0.15, 0.2) is 42.5 Å². The first-order chi connectivity index (χ1) is 15.0. The van der Waals surface area contributed by atoms with E-state index in [-0.39, 0.29) is 17.7 Å². The Morgan fingerprint density at radius 2 is 1.74 bits per heavy atom. The van der Waals surface area contributed by atoms with Gasteiger partial charge in [0.2, 0.25) is 5.91 Å². The van der Waals surface area contributed by atoms with Crippen molar-refractivity contribution in [2.24, 2.45) is 5.92 Å². The molecule has 1 N–H and O–H groups in total. The first-order valence-electron chi connectivity index (χ1n) is 10.9. The van der Waals surface area contributed by atoms with Crippen molar-refractivity contribution in [2.75, 3.05) is 18.4 Å². The van der Waals surface area contributed by atoms with Gasteiger partial charge in [-0.3, -0.25) is 9.59 Å². The van der Waals surface area contributed by atoms with Gasteiger partial charge in [0.25, 0.3) is 11.7 Å². The maximum atomic E-state index is 12.9. The van der Waals surface area contributed by atoms with Gasteiger partial charge in [0.1, 0.15) is 0 Å². The van der Waals surface area contributed by atoms with E-state index in [9.17, 15) is 9.59 Å². The third kappa shape index (κ3) is 4.09. The molecule has 0 bridgehead atoms. The van der Waals surface area contributed by atoms with E-state index >= 15 is 0 Å². The second-order valence-electron chi connectivity index (χ2n) is 8.57. The maximum Gasteiger partial charge on any atom is 0.253 e. The van der Waals surface area contributed by atoms with Crippen molar-refractivity contribution in [3.05, 3.63) is 53.1 Å². The number of nitrogens with one attached hydrogen (secondary N) is 1. The minimum Gasteiger partial charge on any atom is -0.448 e. The molecular formula is C24H25ClN2O4. The second-order valence-corrected chi connectivity index (χ2v) is 9.01. The molecule has 1 atom stereocenters. The first-order valence-corrected chi connectivity index (χ1v) is 11.3. The van der Waals surface area contributed by atoms with E-state index < -0.39 is 5.79 Å². The molecule has 1 saturated heterocycles. The zero-order valence-electron chi connectivity index (χ0n) is 17.2. The lowest BCUT2D eigenvalue weighted by Gasteiger charge is -2.32. The summed E-state index contributed by atoms with van der Waals surface area (Å²) < 4.78 is 12.1. The average Bonchev–Trinajstić information content (AvgIpc) is 3.39. The van der Waals surface area contributed by atoms with Crippen molar-refractivity contribution < 1.29 is 19.1 Å². The maximum absolute atomic E-state index is 12.9. The van der Waals surface area contributed by atoms with Gasteiger partial charge in [0, 0.05) is 48.3 Å². The molecule has 0 aromatic heterocycles. The van der Waals surface area contributed by atoms with Gasteiger partial charge in [0.05, 0.1) is 5.92 Å². The van der Waals surface area contributed by atoms with Crippen molar-refractivity contribution in [2.45, 2.75) is 44.3 Å². The van der Waals surface area contributed by atoms with Gasteiger partial charge in [-0.1, -0.05) is 11.6 Å². The summed E-state index contributed by atoms with van der Waals surface area (Å²) in [5, 5.41) is 3.59. The molecule has 1 unspecified atom stereocenters. The first kappa shape index (κ1) is 20.2. The third-order valence-electron chi connectivity index (χ3n) is 6.34. The van der Waals surface area contributed by atoms with E-state index in [2.05, 4.69) is 5.32 Å². The molecule has 162 valence electrons. The Balaban J connectivity index is 1.23. The Labute approximate surface area is 186 Å². The quantitative estimate of drug-likeness (QED) is 0.739. The summed E-state index contributed by atoms with van der Waals surface area (Å²) in [5.74, 6) is 0.496. The van der Waals surface area contributed by atoms with Crippen molar-refractivity contribution in [1.29, 1.82) is 0 Å². The highest BCUT2D eigenvalue weighted by Gasteiger charge is 2.44. The smallest absolute Gasteiger partial charge is 0.253 e. The molecule has 2 aromatic carbocycles. The van der Waals surface area contributed by atoms with Crippen molar-refractivity contribution in [1.82, 2.24) is 4.90 Å². The molecule has 31 heavy (non-hydrogen) atoms. The fourth-order valence-corrected chi connectivity index (χ4v) is 4.81. The zero-order valence-corrected chi connectivity index (χ0v) is 18.0. The van der Waals surface area contributed by atoms with E-state index in [1.165, 1.54) is 0 Å². The predicted molar refractivity (Wildman–Crippen MR) is 118 cm³/mol. The summed E-state index contributed by atoms with van der Waals surface area (Å²) in [5.41, 5.74) is 1.27. The third-order valence-corrected chi connectivity index (χ3v) is 6.59. The number of ether oxygens (including phenoxy) is 2. The zero-order chi connectivity index (χ0) is 21.4. The number of carbonyl (C=O) groups is 2.